The lowest BCUT2D eigenvalue weighted by Gasteiger charge is -2.12. The predicted molar refractivity (Wildman–Crippen MR) is 120 cm³/mol. The summed E-state index contributed by atoms with van der Waals surface area (Å²) >= 11 is 5.02. The Balaban J connectivity index is 1.43. The Bertz CT molecular complexity index is 1040. The van der Waals surface area contributed by atoms with E-state index in [9.17, 15) is 9.59 Å². The number of amides is 2. The number of hydrogen-bond acceptors (Lipinski definition) is 4. The number of rotatable bonds is 5. The molecule has 3 aromatic carbocycles. The van der Waals surface area contributed by atoms with Crippen LogP contribution in [0, 0.1) is 6.92 Å². The van der Waals surface area contributed by atoms with E-state index in [4.69, 9.17) is 17.0 Å². The second kappa shape index (κ2) is 10.2. The van der Waals surface area contributed by atoms with Crippen LogP contribution in [-0.2, 0) is 4.79 Å². The van der Waals surface area contributed by atoms with Crippen molar-refractivity contribution in [2.24, 2.45) is 0 Å². The van der Waals surface area contributed by atoms with Crippen molar-refractivity contribution in [3.63, 3.8) is 0 Å². The van der Waals surface area contributed by atoms with Crippen LogP contribution in [0.15, 0.2) is 78.9 Å². The number of hydrazine groups is 1. The Kier molecular flexibility index (Phi) is 7.13. The van der Waals surface area contributed by atoms with Gasteiger partial charge in [0.2, 0.25) is 0 Å². The molecule has 0 fully saturated rings. The summed E-state index contributed by atoms with van der Waals surface area (Å²) in [7, 11) is 0. The number of hydrogen-bond donors (Lipinski definition) is 3. The van der Waals surface area contributed by atoms with Crippen molar-refractivity contribution in [3.8, 4) is 16.9 Å². The van der Waals surface area contributed by atoms with Gasteiger partial charge in [-0.05, 0) is 60.1 Å². The fraction of sp³-hybridized carbons (Fsp3) is 0.0870. The lowest BCUT2D eigenvalue weighted by Crippen LogP contribution is -2.49. The van der Waals surface area contributed by atoms with E-state index >= 15 is 0 Å². The molecular formula is C23H21N3O3S. The Labute approximate surface area is 180 Å². The fourth-order valence-electron chi connectivity index (χ4n) is 2.68. The Morgan fingerprint density at radius 1 is 0.867 bits per heavy atom. The third-order valence-electron chi connectivity index (χ3n) is 4.16. The molecule has 2 amide bonds. The van der Waals surface area contributed by atoms with E-state index in [1.165, 1.54) is 0 Å². The monoisotopic (exact) mass is 419 g/mol. The van der Waals surface area contributed by atoms with Crippen LogP contribution in [0.2, 0.25) is 0 Å². The SMILES string of the molecule is Cc1cccc(OCC(=O)NC(=S)NNC(=O)c2ccc(-c3ccccc3)cc2)c1. The molecule has 152 valence electrons. The summed E-state index contributed by atoms with van der Waals surface area (Å²) in [5, 5.41) is 2.42. The van der Waals surface area contributed by atoms with Gasteiger partial charge in [0.25, 0.3) is 11.8 Å². The molecule has 0 saturated heterocycles. The summed E-state index contributed by atoms with van der Waals surface area (Å²) < 4.78 is 5.41. The summed E-state index contributed by atoms with van der Waals surface area (Å²) in [5.41, 5.74) is 8.54. The number of carbonyl (C=O) groups excluding carboxylic acids is 2. The quantitative estimate of drug-likeness (QED) is 0.437. The zero-order chi connectivity index (χ0) is 21.3. The molecular weight excluding hydrogens is 398 g/mol. The van der Waals surface area contributed by atoms with Crippen LogP contribution < -0.4 is 20.9 Å². The van der Waals surface area contributed by atoms with E-state index in [1.807, 2.05) is 67.6 Å². The molecule has 0 aliphatic heterocycles. The first-order valence-electron chi connectivity index (χ1n) is 9.26. The molecule has 30 heavy (non-hydrogen) atoms. The van der Waals surface area contributed by atoms with Crippen molar-refractivity contribution in [2.45, 2.75) is 6.92 Å². The summed E-state index contributed by atoms with van der Waals surface area (Å²) in [6.07, 6.45) is 0. The zero-order valence-corrected chi connectivity index (χ0v) is 17.2. The minimum atomic E-state index is -0.435. The molecule has 0 aliphatic carbocycles. The summed E-state index contributed by atoms with van der Waals surface area (Å²) in [4.78, 5) is 24.2. The topological polar surface area (TPSA) is 79.5 Å². The van der Waals surface area contributed by atoms with Gasteiger partial charge >= 0.3 is 0 Å². The van der Waals surface area contributed by atoms with Crippen LogP contribution in [-0.4, -0.2) is 23.5 Å². The summed E-state index contributed by atoms with van der Waals surface area (Å²) in [6, 6.07) is 24.4. The number of aryl methyl sites for hydroxylation is 1. The molecule has 7 heteroatoms. The largest absolute Gasteiger partial charge is 0.484 e. The van der Waals surface area contributed by atoms with Gasteiger partial charge in [-0.2, -0.15) is 0 Å². The molecule has 0 heterocycles. The molecule has 0 spiro atoms. The maximum atomic E-state index is 12.3. The van der Waals surface area contributed by atoms with Crippen LogP contribution in [0.5, 0.6) is 5.75 Å². The first-order valence-corrected chi connectivity index (χ1v) is 9.67. The van der Waals surface area contributed by atoms with Crippen molar-refractivity contribution in [3.05, 3.63) is 90.0 Å². The summed E-state index contributed by atoms with van der Waals surface area (Å²) in [6.45, 7) is 1.74. The van der Waals surface area contributed by atoms with Gasteiger partial charge in [-0.15, -0.1) is 0 Å². The van der Waals surface area contributed by atoms with E-state index in [2.05, 4.69) is 16.2 Å². The number of ether oxygens (including phenoxy) is 1. The molecule has 0 aliphatic rings. The van der Waals surface area contributed by atoms with Gasteiger partial charge in [-0.3, -0.25) is 25.8 Å². The number of benzene rings is 3. The van der Waals surface area contributed by atoms with Gasteiger partial charge < -0.3 is 4.74 Å². The van der Waals surface area contributed by atoms with E-state index in [1.54, 1.807) is 18.2 Å². The van der Waals surface area contributed by atoms with Gasteiger partial charge in [0.05, 0.1) is 0 Å². The molecule has 0 bridgehead atoms. The molecule has 0 saturated carbocycles. The lowest BCUT2D eigenvalue weighted by molar-refractivity contribution is -0.121. The molecule has 6 nitrogen and oxygen atoms in total. The summed E-state index contributed by atoms with van der Waals surface area (Å²) in [5.74, 6) is -0.214. The lowest BCUT2D eigenvalue weighted by atomic mass is 10.0. The maximum absolute atomic E-state index is 12.3. The van der Waals surface area contributed by atoms with Crippen molar-refractivity contribution in [2.75, 3.05) is 6.61 Å². The van der Waals surface area contributed by atoms with Crippen molar-refractivity contribution in [1.82, 2.24) is 16.2 Å². The standard InChI is InChI=1S/C23H21N3O3S/c1-16-6-5-9-20(14-16)29-15-21(27)24-23(30)26-25-22(28)19-12-10-18(11-13-19)17-7-3-2-4-8-17/h2-14H,15H2,1H3,(H,25,28)(H2,24,26,27,30). The zero-order valence-electron chi connectivity index (χ0n) is 16.3. The predicted octanol–water partition coefficient (Wildman–Crippen LogP) is 3.38. The third-order valence-corrected chi connectivity index (χ3v) is 4.36. The van der Waals surface area contributed by atoms with Crippen molar-refractivity contribution < 1.29 is 14.3 Å². The van der Waals surface area contributed by atoms with E-state index in [0.29, 0.717) is 11.3 Å². The Hall–Kier alpha value is -3.71. The van der Waals surface area contributed by atoms with Crippen LogP contribution >= 0.6 is 12.2 Å². The normalized spacial score (nSPS) is 10.0. The van der Waals surface area contributed by atoms with Crippen LogP contribution in [0.1, 0.15) is 15.9 Å². The van der Waals surface area contributed by atoms with Gasteiger partial charge in [0.1, 0.15) is 5.75 Å². The van der Waals surface area contributed by atoms with Gasteiger partial charge in [-0.25, -0.2) is 0 Å². The smallest absolute Gasteiger partial charge is 0.269 e. The average molecular weight is 420 g/mol. The Morgan fingerprint density at radius 3 is 2.27 bits per heavy atom. The third kappa shape index (κ3) is 6.15. The molecule has 3 N–H and O–H groups in total. The number of carbonyl (C=O) groups is 2. The van der Waals surface area contributed by atoms with Gasteiger partial charge in [0, 0.05) is 5.56 Å². The molecule has 3 rings (SSSR count). The highest BCUT2D eigenvalue weighted by Gasteiger charge is 2.09. The molecule has 3 aromatic rings. The van der Waals surface area contributed by atoms with E-state index in [0.717, 1.165) is 16.7 Å². The minimum absolute atomic E-state index is 0.0258. The van der Waals surface area contributed by atoms with Crippen molar-refractivity contribution >= 4 is 29.1 Å². The average Bonchev–Trinajstić information content (AvgIpc) is 2.77. The van der Waals surface area contributed by atoms with Gasteiger partial charge in [0.15, 0.2) is 11.7 Å². The highest BCUT2D eigenvalue weighted by atomic mass is 32.1. The first kappa shape index (κ1) is 21.0. The van der Waals surface area contributed by atoms with E-state index in [-0.39, 0.29) is 17.6 Å². The van der Waals surface area contributed by atoms with Crippen LogP contribution in [0.3, 0.4) is 0 Å². The molecule has 0 radical (unpaired) electrons. The highest BCUT2D eigenvalue weighted by molar-refractivity contribution is 7.80. The highest BCUT2D eigenvalue weighted by Crippen LogP contribution is 2.19. The van der Waals surface area contributed by atoms with Crippen LogP contribution in [0.25, 0.3) is 11.1 Å². The van der Waals surface area contributed by atoms with Crippen molar-refractivity contribution in [1.29, 1.82) is 0 Å². The second-order valence-corrected chi connectivity index (χ2v) is 6.91. The number of thiocarbonyl (C=S) groups is 1. The first-order chi connectivity index (χ1) is 14.5. The maximum Gasteiger partial charge on any atom is 0.269 e. The fourth-order valence-corrected chi connectivity index (χ4v) is 2.84. The molecule has 0 aromatic heterocycles. The number of nitrogens with one attached hydrogen (secondary N) is 3. The van der Waals surface area contributed by atoms with Crippen LogP contribution in [0.4, 0.5) is 0 Å². The second-order valence-electron chi connectivity index (χ2n) is 6.50. The molecule has 0 atom stereocenters. The minimum Gasteiger partial charge on any atom is -0.484 e. The van der Waals surface area contributed by atoms with E-state index < -0.39 is 5.91 Å². The van der Waals surface area contributed by atoms with Gasteiger partial charge in [-0.1, -0.05) is 54.6 Å². The Morgan fingerprint density at radius 2 is 1.57 bits per heavy atom. The molecule has 0 unspecified atom stereocenters.